The first-order chi connectivity index (χ1) is 11.6. The summed E-state index contributed by atoms with van der Waals surface area (Å²) >= 11 is 0. The standard InChI is InChI=1S/C20H21NO3/c1-15-3-5-16(6-4-15)8-10-20(22)21(2)14-17-7-9-18-19(13-17)24-12-11-23-18/h3-10,13H,11-12,14H2,1-2H3/b10-8+. The lowest BCUT2D eigenvalue weighted by atomic mass is 10.1. The van der Waals surface area contributed by atoms with Crippen LogP contribution in [0.25, 0.3) is 6.08 Å². The minimum atomic E-state index is -0.0366. The molecular formula is C20H21NO3. The number of aryl methyl sites for hydroxylation is 1. The lowest BCUT2D eigenvalue weighted by molar-refractivity contribution is -0.125. The van der Waals surface area contributed by atoms with Crippen LogP contribution in [0.15, 0.2) is 48.5 Å². The van der Waals surface area contributed by atoms with Crippen LogP contribution in [0.2, 0.25) is 0 Å². The molecule has 0 fully saturated rings. The van der Waals surface area contributed by atoms with Gasteiger partial charge in [0.25, 0.3) is 0 Å². The normalized spacial score (nSPS) is 13.1. The quantitative estimate of drug-likeness (QED) is 0.809. The van der Waals surface area contributed by atoms with Crippen LogP contribution >= 0.6 is 0 Å². The maximum absolute atomic E-state index is 12.3. The Kier molecular flexibility index (Phi) is 4.85. The second-order valence-electron chi connectivity index (χ2n) is 5.92. The smallest absolute Gasteiger partial charge is 0.246 e. The number of carbonyl (C=O) groups excluding carboxylic acids is 1. The van der Waals surface area contributed by atoms with Gasteiger partial charge in [0, 0.05) is 19.7 Å². The fourth-order valence-electron chi connectivity index (χ4n) is 2.51. The third-order valence-corrected chi connectivity index (χ3v) is 3.90. The molecule has 0 radical (unpaired) electrons. The molecule has 0 bridgehead atoms. The van der Waals surface area contributed by atoms with Crippen molar-refractivity contribution in [3.63, 3.8) is 0 Å². The lowest BCUT2D eigenvalue weighted by Gasteiger charge is -2.20. The van der Waals surface area contributed by atoms with Gasteiger partial charge >= 0.3 is 0 Å². The molecule has 0 aliphatic carbocycles. The largest absolute Gasteiger partial charge is 0.486 e. The fourth-order valence-corrected chi connectivity index (χ4v) is 2.51. The van der Waals surface area contributed by atoms with Gasteiger partial charge in [0.2, 0.25) is 5.91 Å². The van der Waals surface area contributed by atoms with E-state index in [1.165, 1.54) is 5.56 Å². The van der Waals surface area contributed by atoms with Crippen molar-refractivity contribution in [3.05, 3.63) is 65.2 Å². The summed E-state index contributed by atoms with van der Waals surface area (Å²) in [5.74, 6) is 1.47. The van der Waals surface area contributed by atoms with E-state index in [1.54, 1.807) is 18.0 Å². The summed E-state index contributed by atoms with van der Waals surface area (Å²) in [6, 6.07) is 13.8. The van der Waals surface area contributed by atoms with Gasteiger partial charge in [-0.1, -0.05) is 35.9 Å². The highest BCUT2D eigenvalue weighted by molar-refractivity contribution is 5.91. The van der Waals surface area contributed by atoms with Crippen LogP contribution in [-0.2, 0) is 11.3 Å². The maximum atomic E-state index is 12.3. The first kappa shape index (κ1) is 16.1. The van der Waals surface area contributed by atoms with Crippen LogP contribution in [-0.4, -0.2) is 31.1 Å². The third kappa shape index (κ3) is 3.96. The molecule has 2 aromatic rings. The highest BCUT2D eigenvalue weighted by atomic mass is 16.6. The molecule has 124 valence electrons. The Morgan fingerprint density at radius 2 is 1.79 bits per heavy atom. The number of benzene rings is 2. The predicted octanol–water partition coefficient (Wildman–Crippen LogP) is 3.44. The van der Waals surface area contributed by atoms with Gasteiger partial charge < -0.3 is 14.4 Å². The van der Waals surface area contributed by atoms with E-state index < -0.39 is 0 Å². The van der Waals surface area contributed by atoms with E-state index >= 15 is 0 Å². The Morgan fingerprint density at radius 1 is 1.08 bits per heavy atom. The molecule has 4 nitrogen and oxygen atoms in total. The number of rotatable bonds is 4. The van der Waals surface area contributed by atoms with Crippen molar-refractivity contribution in [1.82, 2.24) is 4.90 Å². The van der Waals surface area contributed by atoms with Gasteiger partial charge in [-0.3, -0.25) is 4.79 Å². The predicted molar refractivity (Wildman–Crippen MR) is 94.1 cm³/mol. The van der Waals surface area contributed by atoms with Gasteiger partial charge in [-0.15, -0.1) is 0 Å². The molecular weight excluding hydrogens is 302 g/mol. The molecule has 4 heteroatoms. The van der Waals surface area contributed by atoms with Crippen molar-refractivity contribution in [3.8, 4) is 11.5 Å². The van der Waals surface area contributed by atoms with E-state index in [0.717, 1.165) is 22.6 Å². The first-order valence-corrected chi connectivity index (χ1v) is 8.00. The van der Waals surface area contributed by atoms with Crippen molar-refractivity contribution in [2.45, 2.75) is 13.5 Å². The summed E-state index contributed by atoms with van der Waals surface area (Å²) in [6.07, 6.45) is 3.44. The molecule has 0 unspecified atom stereocenters. The summed E-state index contributed by atoms with van der Waals surface area (Å²) < 4.78 is 11.1. The Balaban J connectivity index is 1.62. The number of carbonyl (C=O) groups is 1. The zero-order valence-corrected chi connectivity index (χ0v) is 14.0. The Labute approximate surface area is 142 Å². The first-order valence-electron chi connectivity index (χ1n) is 8.00. The zero-order valence-electron chi connectivity index (χ0n) is 14.0. The molecule has 0 aromatic heterocycles. The molecule has 0 spiro atoms. The Morgan fingerprint density at radius 3 is 2.54 bits per heavy atom. The van der Waals surface area contributed by atoms with Crippen LogP contribution in [0.3, 0.4) is 0 Å². The molecule has 1 aliphatic heterocycles. The van der Waals surface area contributed by atoms with Gasteiger partial charge in [-0.05, 0) is 36.3 Å². The van der Waals surface area contributed by atoms with Gasteiger partial charge in [0.1, 0.15) is 13.2 Å². The van der Waals surface area contributed by atoms with Crippen LogP contribution in [0.4, 0.5) is 0 Å². The average molecular weight is 323 g/mol. The van der Waals surface area contributed by atoms with E-state index in [2.05, 4.69) is 0 Å². The molecule has 0 saturated carbocycles. The Hall–Kier alpha value is -2.75. The van der Waals surface area contributed by atoms with E-state index in [4.69, 9.17) is 9.47 Å². The molecule has 3 rings (SSSR count). The number of amides is 1. The second kappa shape index (κ2) is 7.21. The van der Waals surface area contributed by atoms with Gasteiger partial charge in [0.15, 0.2) is 11.5 Å². The summed E-state index contributed by atoms with van der Waals surface area (Å²) in [5, 5.41) is 0. The van der Waals surface area contributed by atoms with Crippen molar-refractivity contribution in [1.29, 1.82) is 0 Å². The van der Waals surface area contributed by atoms with Gasteiger partial charge in [0.05, 0.1) is 0 Å². The van der Waals surface area contributed by atoms with Crippen molar-refractivity contribution in [2.75, 3.05) is 20.3 Å². The molecule has 0 saturated heterocycles. The number of fused-ring (bicyclic) bond motifs is 1. The van der Waals surface area contributed by atoms with E-state index in [0.29, 0.717) is 19.8 Å². The highest BCUT2D eigenvalue weighted by Gasteiger charge is 2.13. The highest BCUT2D eigenvalue weighted by Crippen LogP contribution is 2.31. The van der Waals surface area contributed by atoms with Gasteiger partial charge in [-0.2, -0.15) is 0 Å². The maximum Gasteiger partial charge on any atom is 0.246 e. The number of hydrogen-bond donors (Lipinski definition) is 0. The number of ether oxygens (including phenoxy) is 2. The molecule has 24 heavy (non-hydrogen) atoms. The molecule has 1 heterocycles. The van der Waals surface area contributed by atoms with E-state index in [1.807, 2.05) is 55.5 Å². The van der Waals surface area contributed by atoms with Crippen molar-refractivity contribution >= 4 is 12.0 Å². The second-order valence-corrected chi connectivity index (χ2v) is 5.92. The summed E-state index contributed by atoms with van der Waals surface area (Å²) in [6.45, 7) is 3.70. The third-order valence-electron chi connectivity index (χ3n) is 3.90. The van der Waals surface area contributed by atoms with Crippen molar-refractivity contribution < 1.29 is 14.3 Å². The van der Waals surface area contributed by atoms with Crippen LogP contribution < -0.4 is 9.47 Å². The SMILES string of the molecule is Cc1ccc(/C=C/C(=O)N(C)Cc2ccc3c(c2)OCCO3)cc1. The van der Waals surface area contributed by atoms with Gasteiger partial charge in [-0.25, -0.2) is 0 Å². The molecule has 0 N–H and O–H groups in total. The Bertz CT molecular complexity index is 750. The molecule has 1 amide bonds. The topological polar surface area (TPSA) is 38.8 Å². The van der Waals surface area contributed by atoms with E-state index in [9.17, 15) is 4.79 Å². The summed E-state index contributed by atoms with van der Waals surface area (Å²) in [4.78, 5) is 13.9. The summed E-state index contributed by atoms with van der Waals surface area (Å²) in [5.41, 5.74) is 3.23. The molecule has 2 aromatic carbocycles. The van der Waals surface area contributed by atoms with Crippen molar-refractivity contribution in [2.24, 2.45) is 0 Å². The lowest BCUT2D eigenvalue weighted by Crippen LogP contribution is -2.24. The minimum absolute atomic E-state index is 0.0366. The fraction of sp³-hybridized carbons (Fsp3) is 0.250. The number of nitrogens with zero attached hydrogens (tertiary/aromatic N) is 1. The molecule has 1 aliphatic rings. The van der Waals surface area contributed by atoms with Crippen LogP contribution in [0, 0.1) is 6.92 Å². The zero-order chi connectivity index (χ0) is 16.9. The number of hydrogen-bond acceptors (Lipinski definition) is 3. The summed E-state index contributed by atoms with van der Waals surface area (Å²) in [7, 11) is 1.79. The van der Waals surface area contributed by atoms with Crippen LogP contribution in [0.5, 0.6) is 11.5 Å². The number of likely N-dealkylation sites (N-methyl/N-ethyl adjacent to an activating group) is 1. The van der Waals surface area contributed by atoms with Crippen LogP contribution in [0.1, 0.15) is 16.7 Å². The monoisotopic (exact) mass is 323 g/mol. The van der Waals surface area contributed by atoms with E-state index in [-0.39, 0.29) is 5.91 Å². The molecule has 0 atom stereocenters. The minimum Gasteiger partial charge on any atom is -0.486 e. The average Bonchev–Trinajstić information content (AvgIpc) is 2.61.